The van der Waals surface area contributed by atoms with E-state index in [1.807, 2.05) is 25.1 Å². The highest BCUT2D eigenvalue weighted by molar-refractivity contribution is 5.43. The van der Waals surface area contributed by atoms with Gasteiger partial charge in [0.1, 0.15) is 11.6 Å². The Bertz CT molecular complexity index is 687. The third-order valence-electron chi connectivity index (χ3n) is 3.78. The Labute approximate surface area is 146 Å². The first-order valence-electron chi connectivity index (χ1n) is 8.39. The number of nitrogens with one attached hydrogen (secondary N) is 1. The van der Waals surface area contributed by atoms with E-state index in [4.69, 9.17) is 4.74 Å². The number of aromatic nitrogens is 1. The third kappa shape index (κ3) is 5.96. The van der Waals surface area contributed by atoms with Crippen molar-refractivity contribution >= 4 is 5.82 Å². The molecule has 136 valence electrons. The Hall–Kier alpha value is -2.24. The topological polar surface area (TPSA) is 34.1 Å². The minimum Gasteiger partial charge on any atom is -0.493 e. The number of nitrogens with zero attached hydrogens (tertiary/aromatic N) is 1. The molecular formula is C19H23F3N2O. The van der Waals surface area contributed by atoms with Crippen LogP contribution in [0.25, 0.3) is 0 Å². The van der Waals surface area contributed by atoms with E-state index in [0.29, 0.717) is 13.2 Å². The fourth-order valence-corrected chi connectivity index (χ4v) is 2.37. The van der Waals surface area contributed by atoms with Crippen LogP contribution in [0.1, 0.15) is 42.9 Å². The van der Waals surface area contributed by atoms with E-state index in [2.05, 4.69) is 17.2 Å². The molecule has 1 heterocycles. The van der Waals surface area contributed by atoms with Gasteiger partial charge in [-0.3, -0.25) is 0 Å². The van der Waals surface area contributed by atoms with E-state index in [-0.39, 0.29) is 5.82 Å². The molecule has 0 saturated heterocycles. The van der Waals surface area contributed by atoms with Gasteiger partial charge in [-0.1, -0.05) is 31.9 Å². The number of benzene rings is 1. The number of ether oxygens (including phenoxy) is 1. The van der Waals surface area contributed by atoms with E-state index in [1.54, 1.807) is 0 Å². The van der Waals surface area contributed by atoms with Crippen molar-refractivity contribution in [2.75, 3.05) is 11.9 Å². The van der Waals surface area contributed by atoms with Gasteiger partial charge in [0.15, 0.2) is 0 Å². The molecule has 0 fully saturated rings. The molecule has 25 heavy (non-hydrogen) atoms. The summed E-state index contributed by atoms with van der Waals surface area (Å²) in [5.74, 6) is 0.947. The van der Waals surface area contributed by atoms with Crippen LogP contribution in [0.2, 0.25) is 0 Å². The van der Waals surface area contributed by atoms with Crippen molar-refractivity contribution in [1.29, 1.82) is 0 Å². The van der Waals surface area contributed by atoms with Gasteiger partial charge in [0.2, 0.25) is 0 Å². The van der Waals surface area contributed by atoms with Crippen LogP contribution in [0.5, 0.6) is 5.75 Å². The number of unbranched alkanes of at least 4 members (excludes halogenated alkanes) is 2. The molecule has 2 aromatic rings. The molecule has 1 aromatic heterocycles. The lowest BCUT2D eigenvalue weighted by Crippen LogP contribution is -2.08. The van der Waals surface area contributed by atoms with E-state index in [1.165, 1.54) is 0 Å². The molecule has 6 heteroatoms. The number of hydrogen-bond donors (Lipinski definition) is 1. The van der Waals surface area contributed by atoms with Crippen molar-refractivity contribution in [1.82, 2.24) is 4.98 Å². The van der Waals surface area contributed by atoms with Crippen LogP contribution in [-0.2, 0) is 12.7 Å². The Balaban J connectivity index is 2.05. The van der Waals surface area contributed by atoms with Crippen molar-refractivity contribution in [2.45, 2.75) is 45.8 Å². The Morgan fingerprint density at radius 1 is 1.12 bits per heavy atom. The molecule has 0 saturated carbocycles. The van der Waals surface area contributed by atoms with Crippen LogP contribution >= 0.6 is 0 Å². The summed E-state index contributed by atoms with van der Waals surface area (Å²) in [7, 11) is 0. The SMILES string of the molecule is CCCCCOc1cc(C)ccc1CNc1cc(C(F)(F)F)ccn1. The molecule has 0 bridgehead atoms. The number of anilines is 1. The van der Waals surface area contributed by atoms with Crippen molar-refractivity contribution in [3.05, 3.63) is 53.2 Å². The zero-order chi connectivity index (χ0) is 18.3. The van der Waals surface area contributed by atoms with Gasteiger partial charge in [0.05, 0.1) is 12.2 Å². The van der Waals surface area contributed by atoms with Gasteiger partial charge >= 0.3 is 6.18 Å². The fourth-order valence-electron chi connectivity index (χ4n) is 2.37. The van der Waals surface area contributed by atoms with Gasteiger partial charge in [0.25, 0.3) is 0 Å². The maximum absolute atomic E-state index is 12.8. The van der Waals surface area contributed by atoms with Crippen LogP contribution in [0.15, 0.2) is 36.5 Å². The first-order valence-corrected chi connectivity index (χ1v) is 8.39. The average molecular weight is 352 g/mol. The molecule has 0 aliphatic carbocycles. The zero-order valence-electron chi connectivity index (χ0n) is 14.5. The molecule has 2 rings (SSSR count). The molecular weight excluding hydrogens is 329 g/mol. The second-order valence-corrected chi connectivity index (χ2v) is 5.95. The van der Waals surface area contributed by atoms with Crippen LogP contribution < -0.4 is 10.1 Å². The van der Waals surface area contributed by atoms with E-state index in [9.17, 15) is 13.2 Å². The Morgan fingerprint density at radius 2 is 1.92 bits per heavy atom. The van der Waals surface area contributed by atoms with Gasteiger partial charge in [0, 0.05) is 18.3 Å². The maximum Gasteiger partial charge on any atom is 0.416 e. The number of alkyl halides is 3. The number of rotatable bonds is 8. The smallest absolute Gasteiger partial charge is 0.416 e. The van der Waals surface area contributed by atoms with Crippen molar-refractivity contribution < 1.29 is 17.9 Å². The first-order chi connectivity index (χ1) is 11.9. The summed E-state index contributed by atoms with van der Waals surface area (Å²) in [6.45, 7) is 5.08. The predicted octanol–water partition coefficient (Wildman–Crippen LogP) is 5.59. The number of aryl methyl sites for hydroxylation is 1. The summed E-state index contributed by atoms with van der Waals surface area (Å²) in [5, 5.41) is 2.94. The highest BCUT2D eigenvalue weighted by Crippen LogP contribution is 2.30. The third-order valence-corrected chi connectivity index (χ3v) is 3.78. The predicted molar refractivity (Wildman–Crippen MR) is 92.8 cm³/mol. The fraction of sp³-hybridized carbons (Fsp3) is 0.421. The second-order valence-electron chi connectivity index (χ2n) is 5.95. The van der Waals surface area contributed by atoms with E-state index < -0.39 is 11.7 Å². The number of halogens is 3. The zero-order valence-corrected chi connectivity index (χ0v) is 14.5. The Morgan fingerprint density at radius 3 is 2.64 bits per heavy atom. The highest BCUT2D eigenvalue weighted by Gasteiger charge is 2.30. The molecule has 0 atom stereocenters. The first kappa shape index (κ1) is 19.1. The van der Waals surface area contributed by atoms with Gasteiger partial charge in [-0.2, -0.15) is 13.2 Å². The standard InChI is InChI=1S/C19H23F3N2O/c1-3-4-5-10-25-17-11-14(2)6-7-15(17)13-24-18-12-16(8-9-23-18)19(20,21)22/h6-9,11-12H,3-5,10,13H2,1-2H3,(H,23,24). The lowest BCUT2D eigenvalue weighted by Gasteiger charge is -2.14. The van der Waals surface area contributed by atoms with Gasteiger partial charge in [-0.15, -0.1) is 0 Å². The summed E-state index contributed by atoms with van der Waals surface area (Å²) >= 11 is 0. The molecule has 0 aliphatic rings. The molecule has 0 aliphatic heterocycles. The second kappa shape index (κ2) is 8.74. The Kier molecular flexibility index (Phi) is 6.67. The van der Waals surface area contributed by atoms with Crippen LogP contribution in [0.3, 0.4) is 0 Å². The quantitative estimate of drug-likeness (QED) is 0.629. The minimum atomic E-state index is -4.38. The lowest BCUT2D eigenvalue weighted by molar-refractivity contribution is -0.137. The summed E-state index contributed by atoms with van der Waals surface area (Å²) in [5.41, 5.74) is 1.25. The monoisotopic (exact) mass is 352 g/mol. The van der Waals surface area contributed by atoms with E-state index >= 15 is 0 Å². The summed E-state index contributed by atoms with van der Waals surface area (Å²) in [4.78, 5) is 3.95. The summed E-state index contributed by atoms with van der Waals surface area (Å²) in [6, 6.07) is 7.79. The highest BCUT2D eigenvalue weighted by atomic mass is 19.4. The lowest BCUT2D eigenvalue weighted by atomic mass is 10.1. The molecule has 3 nitrogen and oxygen atoms in total. The average Bonchev–Trinajstić information content (AvgIpc) is 2.57. The molecule has 1 N–H and O–H groups in total. The van der Waals surface area contributed by atoms with Gasteiger partial charge < -0.3 is 10.1 Å². The molecule has 1 aromatic carbocycles. The molecule has 0 radical (unpaired) electrons. The van der Waals surface area contributed by atoms with Crippen molar-refractivity contribution in [3.8, 4) is 5.75 Å². The van der Waals surface area contributed by atoms with Crippen molar-refractivity contribution in [3.63, 3.8) is 0 Å². The molecule has 0 spiro atoms. The van der Waals surface area contributed by atoms with Gasteiger partial charge in [-0.05, 0) is 37.1 Å². The molecule has 0 unspecified atom stereocenters. The van der Waals surface area contributed by atoms with Crippen LogP contribution in [0.4, 0.5) is 19.0 Å². The van der Waals surface area contributed by atoms with Crippen molar-refractivity contribution in [2.24, 2.45) is 0 Å². The number of hydrogen-bond acceptors (Lipinski definition) is 3. The van der Waals surface area contributed by atoms with E-state index in [0.717, 1.165) is 54.5 Å². The largest absolute Gasteiger partial charge is 0.493 e. The maximum atomic E-state index is 12.8. The molecule has 0 amide bonds. The van der Waals surface area contributed by atoms with Crippen LogP contribution in [-0.4, -0.2) is 11.6 Å². The summed E-state index contributed by atoms with van der Waals surface area (Å²) in [6.07, 6.45) is -0.0217. The normalized spacial score (nSPS) is 11.4. The summed E-state index contributed by atoms with van der Waals surface area (Å²) < 4.78 is 44.1. The minimum absolute atomic E-state index is 0.187. The van der Waals surface area contributed by atoms with Gasteiger partial charge in [-0.25, -0.2) is 4.98 Å². The van der Waals surface area contributed by atoms with Crippen LogP contribution in [0, 0.1) is 6.92 Å². The number of pyridine rings is 1.